The molecule has 1 heterocycles. The molecule has 118 valence electrons. The third kappa shape index (κ3) is 4.21. The second-order valence-corrected chi connectivity index (χ2v) is 5.50. The first-order chi connectivity index (χ1) is 9.77. The fourth-order valence-corrected chi connectivity index (χ4v) is 1.85. The van der Waals surface area contributed by atoms with Gasteiger partial charge in [-0.05, 0) is 26.7 Å². The maximum Gasteiger partial charge on any atom is 0.272 e. The summed E-state index contributed by atoms with van der Waals surface area (Å²) in [6, 6.07) is -0.629. The summed E-state index contributed by atoms with van der Waals surface area (Å²) in [7, 11) is 0. The van der Waals surface area contributed by atoms with Crippen molar-refractivity contribution in [1.82, 2.24) is 20.4 Å². The lowest BCUT2D eigenvalue weighted by molar-refractivity contribution is -0.122. The molecule has 1 atom stereocenters. The molecule has 1 aromatic heterocycles. The lowest BCUT2D eigenvalue weighted by Crippen LogP contribution is -2.46. The molecular weight excluding hydrogens is 270 g/mol. The minimum atomic E-state index is -0.629. The summed E-state index contributed by atoms with van der Waals surface area (Å²) in [4.78, 5) is 24.2. The molecule has 0 spiro atoms. The number of nitrogens with one attached hydrogen (secondary N) is 2. The molecule has 0 radical (unpaired) electrons. The summed E-state index contributed by atoms with van der Waals surface area (Å²) in [6.07, 6.45) is 0. The SMILES string of the molecule is CCn1nc(C)c(N)c1C(=O)NC(C)C(=O)NCC(C)C. The van der Waals surface area contributed by atoms with Gasteiger partial charge < -0.3 is 16.4 Å². The van der Waals surface area contributed by atoms with Gasteiger partial charge in [0.1, 0.15) is 11.7 Å². The van der Waals surface area contributed by atoms with Crippen molar-refractivity contribution in [3.63, 3.8) is 0 Å². The van der Waals surface area contributed by atoms with Crippen LogP contribution >= 0.6 is 0 Å². The van der Waals surface area contributed by atoms with Crippen LogP contribution in [-0.2, 0) is 11.3 Å². The van der Waals surface area contributed by atoms with Gasteiger partial charge in [-0.1, -0.05) is 13.8 Å². The standard InChI is InChI=1S/C14H25N5O2/c1-6-19-12(11(15)9(4)18-19)14(21)17-10(5)13(20)16-7-8(2)3/h8,10H,6-7,15H2,1-5H3,(H,16,20)(H,17,21). The summed E-state index contributed by atoms with van der Waals surface area (Å²) in [5.74, 6) is -0.242. The average Bonchev–Trinajstić information content (AvgIpc) is 2.71. The summed E-state index contributed by atoms with van der Waals surface area (Å²) >= 11 is 0. The molecule has 0 aliphatic rings. The molecule has 1 aromatic rings. The second kappa shape index (κ2) is 7.10. The Balaban J connectivity index is 2.75. The monoisotopic (exact) mass is 295 g/mol. The molecule has 0 aliphatic heterocycles. The van der Waals surface area contributed by atoms with Crippen molar-refractivity contribution in [2.75, 3.05) is 12.3 Å². The Morgan fingerprint density at radius 1 is 1.33 bits per heavy atom. The number of hydrogen-bond acceptors (Lipinski definition) is 4. The van der Waals surface area contributed by atoms with Crippen molar-refractivity contribution in [2.45, 2.75) is 47.2 Å². The summed E-state index contributed by atoms with van der Waals surface area (Å²) in [5, 5.41) is 9.63. The Bertz CT molecular complexity index is 522. The first kappa shape index (κ1) is 17.0. The van der Waals surface area contributed by atoms with Crippen LogP contribution < -0.4 is 16.4 Å². The van der Waals surface area contributed by atoms with Gasteiger partial charge in [-0.2, -0.15) is 5.10 Å². The Hall–Kier alpha value is -2.05. The largest absolute Gasteiger partial charge is 0.395 e. The highest BCUT2D eigenvalue weighted by Gasteiger charge is 2.22. The van der Waals surface area contributed by atoms with Gasteiger partial charge in [0, 0.05) is 13.1 Å². The lowest BCUT2D eigenvalue weighted by Gasteiger charge is -2.15. The van der Waals surface area contributed by atoms with E-state index >= 15 is 0 Å². The summed E-state index contributed by atoms with van der Waals surface area (Å²) < 4.78 is 1.54. The van der Waals surface area contributed by atoms with Gasteiger partial charge >= 0.3 is 0 Å². The van der Waals surface area contributed by atoms with Gasteiger partial charge in [0.05, 0.1) is 11.4 Å². The smallest absolute Gasteiger partial charge is 0.272 e. The van der Waals surface area contributed by atoms with E-state index < -0.39 is 6.04 Å². The second-order valence-electron chi connectivity index (χ2n) is 5.50. The number of carbonyl (C=O) groups is 2. The molecule has 1 unspecified atom stereocenters. The van der Waals surface area contributed by atoms with Gasteiger partial charge in [-0.25, -0.2) is 0 Å². The van der Waals surface area contributed by atoms with Crippen LogP contribution in [0.4, 0.5) is 5.69 Å². The van der Waals surface area contributed by atoms with Crippen LogP contribution in [0, 0.1) is 12.8 Å². The molecule has 1 rings (SSSR count). The minimum Gasteiger partial charge on any atom is -0.395 e. The third-order valence-corrected chi connectivity index (χ3v) is 3.11. The van der Waals surface area contributed by atoms with Crippen molar-refractivity contribution in [1.29, 1.82) is 0 Å². The molecule has 0 saturated carbocycles. The predicted octanol–water partition coefficient (Wildman–Crippen LogP) is 0.684. The van der Waals surface area contributed by atoms with Crippen LogP contribution in [0.1, 0.15) is 43.9 Å². The fraction of sp³-hybridized carbons (Fsp3) is 0.643. The molecule has 2 amide bonds. The predicted molar refractivity (Wildman–Crippen MR) is 81.8 cm³/mol. The van der Waals surface area contributed by atoms with E-state index in [1.165, 1.54) is 0 Å². The van der Waals surface area contributed by atoms with Gasteiger partial charge in [-0.3, -0.25) is 14.3 Å². The average molecular weight is 295 g/mol. The number of rotatable bonds is 6. The van der Waals surface area contributed by atoms with E-state index in [1.54, 1.807) is 18.5 Å². The highest BCUT2D eigenvalue weighted by atomic mass is 16.2. The van der Waals surface area contributed by atoms with Gasteiger partial charge in [-0.15, -0.1) is 0 Å². The number of nitrogen functional groups attached to an aromatic ring is 1. The number of nitrogens with two attached hydrogens (primary N) is 1. The number of hydrogen-bond donors (Lipinski definition) is 3. The Labute approximate surface area is 125 Å². The van der Waals surface area contributed by atoms with E-state index in [0.717, 1.165) is 0 Å². The first-order valence-electron chi connectivity index (χ1n) is 7.19. The maximum absolute atomic E-state index is 12.3. The molecule has 21 heavy (non-hydrogen) atoms. The Morgan fingerprint density at radius 3 is 2.48 bits per heavy atom. The normalized spacial score (nSPS) is 12.3. The zero-order valence-corrected chi connectivity index (χ0v) is 13.4. The van der Waals surface area contributed by atoms with Crippen molar-refractivity contribution in [2.24, 2.45) is 5.92 Å². The number of anilines is 1. The van der Waals surface area contributed by atoms with Gasteiger partial charge in [0.25, 0.3) is 5.91 Å². The lowest BCUT2D eigenvalue weighted by atomic mass is 10.2. The molecule has 7 nitrogen and oxygen atoms in total. The Morgan fingerprint density at radius 2 is 1.95 bits per heavy atom. The zero-order valence-electron chi connectivity index (χ0n) is 13.4. The quantitative estimate of drug-likeness (QED) is 0.718. The van der Waals surface area contributed by atoms with Crippen LogP contribution in [0.15, 0.2) is 0 Å². The maximum atomic E-state index is 12.3. The number of aromatic nitrogens is 2. The number of carbonyl (C=O) groups excluding carboxylic acids is 2. The van der Waals surface area contributed by atoms with Crippen LogP contribution in [0.3, 0.4) is 0 Å². The van der Waals surface area contributed by atoms with Crippen LogP contribution in [0.2, 0.25) is 0 Å². The van der Waals surface area contributed by atoms with Crippen molar-refractivity contribution in [3.05, 3.63) is 11.4 Å². The van der Waals surface area contributed by atoms with E-state index in [2.05, 4.69) is 15.7 Å². The minimum absolute atomic E-state index is 0.213. The van der Waals surface area contributed by atoms with Crippen molar-refractivity contribution < 1.29 is 9.59 Å². The van der Waals surface area contributed by atoms with Gasteiger partial charge in [0.15, 0.2) is 0 Å². The third-order valence-electron chi connectivity index (χ3n) is 3.11. The highest BCUT2D eigenvalue weighted by Crippen LogP contribution is 2.16. The van der Waals surface area contributed by atoms with E-state index in [4.69, 9.17) is 5.73 Å². The van der Waals surface area contributed by atoms with Crippen molar-refractivity contribution >= 4 is 17.5 Å². The Kier molecular flexibility index (Phi) is 5.75. The number of amides is 2. The van der Waals surface area contributed by atoms with E-state index in [9.17, 15) is 9.59 Å². The summed E-state index contributed by atoms with van der Waals surface area (Å²) in [6.45, 7) is 10.4. The van der Waals surface area contributed by atoms with Gasteiger partial charge in [0.2, 0.25) is 5.91 Å². The highest BCUT2D eigenvalue weighted by molar-refractivity contribution is 6.00. The molecule has 0 aromatic carbocycles. The molecule has 4 N–H and O–H groups in total. The molecule has 0 aliphatic carbocycles. The van der Waals surface area contributed by atoms with Crippen LogP contribution in [-0.4, -0.2) is 34.2 Å². The summed E-state index contributed by atoms with van der Waals surface area (Å²) in [5.41, 5.74) is 7.15. The van der Waals surface area contributed by atoms with Crippen molar-refractivity contribution in [3.8, 4) is 0 Å². The zero-order chi connectivity index (χ0) is 16.2. The topological polar surface area (TPSA) is 102 Å². The molecule has 0 fully saturated rings. The van der Waals surface area contributed by atoms with E-state index in [-0.39, 0.29) is 11.8 Å². The molecule has 7 heteroatoms. The van der Waals surface area contributed by atoms with Crippen LogP contribution in [0.5, 0.6) is 0 Å². The molecule has 0 bridgehead atoms. The van der Waals surface area contributed by atoms with E-state index in [0.29, 0.717) is 36.1 Å². The fourth-order valence-electron chi connectivity index (χ4n) is 1.85. The first-order valence-corrected chi connectivity index (χ1v) is 7.19. The number of aryl methyl sites for hydroxylation is 2. The number of nitrogens with zero attached hydrogens (tertiary/aromatic N) is 2. The molecule has 0 saturated heterocycles. The van der Waals surface area contributed by atoms with E-state index in [1.807, 2.05) is 20.8 Å². The molecular formula is C14H25N5O2. The van der Waals surface area contributed by atoms with Crippen LogP contribution in [0.25, 0.3) is 0 Å².